The quantitative estimate of drug-likeness (QED) is 0.861. The molecule has 5 nitrogen and oxygen atoms in total. The SMILES string of the molecule is C=C(C)[C@H]1CC2=C(OC)c3cc(OC)cc(OC)c3[NH+](C)C2O1. The van der Waals surface area contributed by atoms with Crippen LogP contribution in [0.15, 0.2) is 29.9 Å². The monoisotopic (exact) mass is 318 g/mol. The Hall–Kier alpha value is -1.98. The fourth-order valence-corrected chi connectivity index (χ4v) is 3.47. The van der Waals surface area contributed by atoms with Crippen LogP contribution < -0.4 is 14.4 Å². The van der Waals surface area contributed by atoms with Crippen LogP contribution in [-0.2, 0) is 9.47 Å². The summed E-state index contributed by atoms with van der Waals surface area (Å²) in [6.07, 6.45) is 0.748. The van der Waals surface area contributed by atoms with Crippen LogP contribution in [0.1, 0.15) is 18.9 Å². The molecular formula is C18H24NO4+. The maximum Gasteiger partial charge on any atom is 0.223 e. The number of likely N-dealkylation sites (N-methyl/N-ethyl adjacent to an activating group) is 1. The van der Waals surface area contributed by atoms with Gasteiger partial charge >= 0.3 is 0 Å². The summed E-state index contributed by atoms with van der Waals surface area (Å²) in [4.78, 5) is 1.14. The highest BCUT2D eigenvalue weighted by Crippen LogP contribution is 2.43. The molecule has 23 heavy (non-hydrogen) atoms. The minimum Gasteiger partial charge on any atom is -0.497 e. The molecular weight excluding hydrogens is 294 g/mol. The summed E-state index contributed by atoms with van der Waals surface area (Å²) in [7, 11) is 7.11. The second-order valence-corrected chi connectivity index (χ2v) is 6.05. The lowest BCUT2D eigenvalue weighted by molar-refractivity contribution is -0.859. The largest absolute Gasteiger partial charge is 0.497 e. The maximum absolute atomic E-state index is 6.22. The van der Waals surface area contributed by atoms with Crippen LogP contribution in [-0.4, -0.2) is 40.7 Å². The van der Waals surface area contributed by atoms with Crippen LogP contribution in [0, 0.1) is 0 Å². The van der Waals surface area contributed by atoms with E-state index in [1.54, 1.807) is 21.3 Å². The molecule has 1 N–H and O–H groups in total. The molecule has 0 saturated carbocycles. The Morgan fingerprint density at radius 2 is 1.96 bits per heavy atom. The molecule has 3 atom stereocenters. The fourth-order valence-electron chi connectivity index (χ4n) is 3.47. The molecule has 1 aromatic carbocycles. The van der Waals surface area contributed by atoms with Crippen molar-refractivity contribution in [3.05, 3.63) is 35.4 Å². The van der Waals surface area contributed by atoms with Crippen molar-refractivity contribution >= 4 is 11.4 Å². The number of rotatable bonds is 4. The Balaban J connectivity index is 2.19. The van der Waals surface area contributed by atoms with Gasteiger partial charge in [0.15, 0.2) is 11.4 Å². The number of fused-ring (bicyclic) bond motifs is 2. The lowest BCUT2D eigenvalue weighted by Crippen LogP contribution is -3.09. The molecule has 1 fully saturated rings. The van der Waals surface area contributed by atoms with Gasteiger partial charge in [-0.3, -0.25) is 4.90 Å². The zero-order chi connectivity index (χ0) is 16.7. The number of nitrogens with one attached hydrogen (secondary N) is 1. The number of quaternary nitrogens is 1. The van der Waals surface area contributed by atoms with E-state index in [0.717, 1.165) is 45.4 Å². The van der Waals surface area contributed by atoms with Crippen LogP contribution in [0.3, 0.4) is 0 Å². The predicted octanol–water partition coefficient (Wildman–Crippen LogP) is 1.91. The van der Waals surface area contributed by atoms with E-state index in [2.05, 4.69) is 13.6 Å². The lowest BCUT2D eigenvalue weighted by Gasteiger charge is -2.30. The van der Waals surface area contributed by atoms with Gasteiger partial charge in [0.1, 0.15) is 11.5 Å². The minimum absolute atomic E-state index is 0.0253. The fraction of sp³-hybridized carbons (Fsp3) is 0.444. The number of hydrogen-bond acceptors (Lipinski definition) is 4. The zero-order valence-electron chi connectivity index (χ0n) is 14.4. The highest BCUT2D eigenvalue weighted by molar-refractivity contribution is 5.78. The van der Waals surface area contributed by atoms with Gasteiger partial charge in [-0.15, -0.1) is 0 Å². The standard InChI is InChI=1S/C18H23NO4/c1-10(2)14-9-13-17(22-6)12-7-11(20-4)8-15(21-5)16(12)19(3)18(13)23-14/h7-8,14,18H,1,9H2,2-6H3/p+1/t14-,18?/m1/s1. The first kappa shape index (κ1) is 15.9. The summed E-state index contributed by atoms with van der Waals surface area (Å²) in [6, 6.07) is 3.89. The molecule has 0 amide bonds. The molecule has 1 aromatic rings. The van der Waals surface area contributed by atoms with E-state index < -0.39 is 0 Å². The Morgan fingerprint density at radius 1 is 1.22 bits per heavy atom. The Bertz CT molecular complexity index is 680. The molecule has 0 aliphatic carbocycles. The average Bonchev–Trinajstić information content (AvgIpc) is 2.99. The molecule has 0 aromatic heterocycles. The predicted molar refractivity (Wildman–Crippen MR) is 88.1 cm³/mol. The van der Waals surface area contributed by atoms with Crippen molar-refractivity contribution in [1.82, 2.24) is 0 Å². The summed E-state index contributed by atoms with van der Waals surface area (Å²) >= 11 is 0. The second kappa shape index (κ2) is 5.91. The molecule has 124 valence electrons. The third-order valence-electron chi connectivity index (χ3n) is 4.63. The first-order valence-electron chi connectivity index (χ1n) is 7.69. The van der Waals surface area contributed by atoms with E-state index in [4.69, 9.17) is 18.9 Å². The van der Waals surface area contributed by atoms with E-state index in [0.29, 0.717) is 0 Å². The summed E-state index contributed by atoms with van der Waals surface area (Å²) in [6.45, 7) is 6.04. The third kappa shape index (κ3) is 2.40. The minimum atomic E-state index is -0.0820. The van der Waals surface area contributed by atoms with Crippen LogP contribution >= 0.6 is 0 Å². The van der Waals surface area contributed by atoms with Gasteiger partial charge in [-0.05, 0) is 13.0 Å². The van der Waals surface area contributed by atoms with Gasteiger partial charge in [-0.25, -0.2) is 0 Å². The molecule has 0 bridgehead atoms. The number of methoxy groups -OCH3 is 3. The normalized spacial score (nSPS) is 25.7. The number of benzene rings is 1. The van der Waals surface area contributed by atoms with Gasteiger partial charge in [-0.2, -0.15) is 0 Å². The van der Waals surface area contributed by atoms with Crippen molar-refractivity contribution in [1.29, 1.82) is 0 Å². The van der Waals surface area contributed by atoms with E-state index in [1.165, 1.54) is 5.57 Å². The molecule has 3 rings (SSSR count). The van der Waals surface area contributed by atoms with E-state index >= 15 is 0 Å². The van der Waals surface area contributed by atoms with Crippen LogP contribution in [0.5, 0.6) is 11.5 Å². The molecule has 5 heteroatoms. The van der Waals surface area contributed by atoms with E-state index in [-0.39, 0.29) is 12.3 Å². The number of hydrogen-bond donors (Lipinski definition) is 1. The van der Waals surface area contributed by atoms with Crippen molar-refractivity contribution in [2.75, 3.05) is 28.4 Å². The Kier molecular flexibility index (Phi) is 4.08. The van der Waals surface area contributed by atoms with Gasteiger partial charge in [0, 0.05) is 12.5 Å². The summed E-state index contributed by atoms with van der Waals surface area (Å²) in [5.74, 6) is 2.38. The highest BCUT2D eigenvalue weighted by atomic mass is 16.5. The molecule has 0 spiro atoms. The zero-order valence-corrected chi connectivity index (χ0v) is 14.4. The van der Waals surface area contributed by atoms with Crippen molar-refractivity contribution in [3.63, 3.8) is 0 Å². The molecule has 1 saturated heterocycles. The third-order valence-corrected chi connectivity index (χ3v) is 4.63. The van der Waals surface area contributed by atoms with Crippen LogP contribution in [0.2, 0.25) is 0 Å². The average molecular weight is 318 g/mol. The van der Waals surface area contributed by atoms with Crippen molar-refractivity contribution in [3.8, 4) is 11.5 Å². The second-order valence-electron chi connectivity index (χ2n) is 6.05. The van der Waals surface area contributed by atoms with Crippen molar-refractivity contribution < 1.29 is 23.8 Å². The highest BCUT2D eigenvalue weighted by Gasteiger charge is 2.46. The Morgan fingerprint density at radius 3 is 2.52 bits per heavy atom. The van der Waals surface area contributed by atoms with Gasteiger partial charge < -0.3 is 18.9 Å². The van der Waals surface area contributed by atoms with Gasteiger partial charge in [0.25, 0.3) is 0 Å². The number of ether oxygens (including phenoxy) is 4. The van der Waals surface area contributed by atoms with Crippen molar-refractivity contribution in [2.45, 2.75) is 25.7 Å². The van der Waals surface area contributed by atoms with Crippen molar-refractivity contribution in [2.24, 2.45) is 0 Å². The van der Waals surface area contributed by atoms with E-state index in [9.17, 15) is 0 Å². The van der Waals surface area contributed by atoms with Gasteiger partial charge in [-0.1, -0.05) is 12.2 Å². The topological polar surface area (TPSA) is 41.4 Å². The lowest BCUT2D eigenvalue weighted by atomic mass is 9.95. The van der Waals surface area contributed by atoms with Gasteiger partial charge in [0.2, 0.25) is 6.23 Å². The van der Waals surface area contributed by atoms with Crippen LogP contribution in [0.25, 0.3) is 5.76 Å². The first-order valence-corrected chi connectivity index (χ1v) is 7.69. The summed E-state index contributed by atoms with van der Waals surface area (Å²) in [5, 5.41) is 0. The molecule has 2 aliphatic heterocycles. The molecule has 2 unspecified atom stereocenters. The smallest absolute Gasteiger partial charge is 0.223 e. The first-order chi connectivity index (χ1) is 11.0. The summed E-state index contributed by atoms with van der Waals surface area (Å²) in [5.41, 5.74) is 4.23. The molecule has 2 heterocycles. The molecule has 2 aliphatic rings. The van der Waals surface area contributed by atoms with Gasteiger partial charge in [0.05, 0.1) is 45.6 Å². The Labute approximate surface area is 137 Å². The molecule has 0 radical (unpaired) electrons. The maximum atomic E-state index is 6.22. The summed E-state index contributed by atoms with van der Waals surface area (Å²) < 4.78 is 23.0. The van der Waals surface area contributed by atoms with E-state index in [1.807, 2.05) is 19.1 Å². The van der Waals surface area contributed by atoms with Crippen LogP contribution in [0.4, 0.5) is 5.69 Å².